The van der Waals surface area contributed by atoms with Crippen molar-refractivity contribution >= 4 is 17.6 Å². The normalized spacial score (nSPS) is 9.67. The van der Waals surface area contributed by atoms with E-state index in [-0.39, 0.29) is 24.8 Å². The van der Waals surface area contributed by atoms with Gasteiger partial charge in [0, 0.05) is 18.0 Å². The first kappa shape index (κ1) is 17.0. The second kappa shape index (κ2) is 8.29. The number of carbonyl (C=O) groups excluding carboxylic acids is 2. The molecule has 0 aliphatic rings. The van der Waals surface area contributed by atoms with Gasteiger partial charge in [0.25, 0.3) is 0 Å². The third-order valence-electron chi connectivity index (χ3n) is 2.85. The minimum absolute atomic E-state index is 0.206. The predicted molar refractivity (Wildman–Crippen MR) is 85.6 cm³/mol. The summed E-state index contributed by atoms with van der Waals surface area (Å²) in [7, 11) is 0. The smallest absolute Gasteiger partial charge is 0.338 e. The molecular weight excluding hydrogens is 310 g/mol. The molecule has 0 aliphatic carbocycles. The van der Waals surface area contributed by atoms with Crippen LogP contribution in [0, 0.1) is 11.3 Å². The van der Waals surface area contributed by atoms with Crippen molar-refractivity contribution in [3.05, 3.63) is 48.2 Å². The number of ether oxygens (including phenoxy) is 2. The summed E-state index contributed by atoms with van der Waals surface area (Å²) in [6, 6.07) is 11.4. The largest absolute Gasteiger partial charge is 0.462 e. The van der Waals surface area contributed by atoms with E-state index in [0.717, 1.165) is 0 Å². The number of rotatable bonds is 6. The number of esters is 1. The highest BCUT2D eigenvalue weighted by Crippen LogP contribution is 2.22. The monoisotopic (exact) mass is 325 g/mol. The molecule has 0 saturated heterocycles. The number of nitrogens with zero attached hydrogens (tertiary/aromatic N) is 2. The molecule has 0 bridgehead atoms. The van der Waals surface area contributed by atoms with Crippen LogP contribution in [0.25, 0.3) is 0 Å². The Balaban J connectivity index is 2.04. The van der Waals surface area contributed by atoms with Gasteiger partial charge in [-0.2, -0.15) is 5.26 Å². The highest BCUT2D eigenvalue weighted by atomic mass is 16.5. The third-order valence-corrected chi connectivity index (χ3v) is 2.85. The average Bonchev–Trinajstić information content (AvgIpc) is 2.57. The Bertz CT molecular complexity index is 766. The van der Waals surface area contributed by atoms with Crippen molar-refractivity contribution in [2.24, 2.45) is 0 Å². The quantitative estimate of drug-likeness (QED) is 0.819. The van der Waals surface area contributed by atoms with E-state index >= 15 is 0 Å². The van der Waals surface area contributed by atoms with Gasteiger partial charge in [0.1, 0.15) is 12.2 Å². The van der Waals surface area contributed by atoms with Crippen LogP contribution in [0.15, 0.2) is 42.6 Å². The van der Waals surface area contributed by atoms with Gasteiger partial charge in [-0.15, -0.1) is 0 Å². The van der Waals surface area contributed by atoms with Crippen molar-refractivity contribution in [2.45, 2.75) is 13.3 Å². The lowest BCUT2D eigenvalue weighted by Gasteiger charge is -2.08. The van der Waals surface area contributed by atoms with E-state index in [1.165, 1.54) is 12.3 Å². The summed E-state index contributed by atoms with van der Waals surface area (Å²) in [6.07, 6.45) is 1.25. The molecule has 2 rings (SSSR count). The SMILES string of the molecule is CCOC(=O)c1ccnc(Oc2ccc(NC(=O)CC#N)cc2)c1. The Morgan fingerprint density at radius 3 is 2.67 bits per heavy atom. The minimum atomic E-state index is -0.444. The lowest BCUT2D eigenvalue weighted by Crippen LogP contribution is -2.09. The zero-order valence-corrected chi connectivity index (χ0v) is 13.0. The summed E-state index contributed by atoms with van der Waals surface area (Å²) in [4.78, 5) is 27.0. The Hall–Kier alpha value is -3.40. The van der Waals surface area contributed by atoms with Crippen LogP contribution < -0.4 is 10.1 Å². The molecule has 0 saturated carbocycles. The molecule has 0 aliphatic heterocycles. The van der Waals surface area contributed by atoms with E-state index < -0.39 is 5.97 Å². The fourth-order valence-corrected chi connectivity index (χ4v) is 1.81. The van der Waals surface area contributed by atoms with Gasteiger partial charge in [0.2, 0.25) is 11.8 Å². The molecule has 24 heavy (non-hydrogen) atoms. The van der Waals surface area contributed by atoms with Gasteiger partial charge in [-0.3, -0.25) is 4.79 Å². The van der Waals surface area contributed by atoms with Crippen LogP contribution in [-0.2, 0) is 9.53 Å². The maximum Gasteiger partial charge on any atom is 0.338 e. The number of nitrogens with one attached hydrogen (secondary N) is 1. The molecule has 0 spiro atoms. The number of pyridine rings is 1. The predicted octanol–water partition coefficient (Wildman–Crippen LogP) is 2.90. The van der Waals surface area contributed by atoms with E-state index in [9.17, 15) is 9.59 Å². The zero-order valence-electron chi connectivity index (χ0n) is 13.0. The molecular formula is C17H15N3O4. The van der Waals surface area contributed by atoms with Crippen molar-refractivity contribution in [2.75, 3.05) is 11.9 Å². The second-order valence-electron chi connectivity index (χ2n) is 4.61. The summed E-state index contributed by atoms with van der Waals surface area (Å²) >= 11 is 0. The van der Waals surface area contributed by atoms with Gasteiger partial charge in [-0.05, 0) is 37.3 Å². The highest BCUT2D eigenvalue weighted by Gasteiger charge is 2.09. The van der Waals surface area contributed by atoms with Crippen LogP contribution in [-0.4, -0.2) is 23.5 Å². The summed E-state index contributed by atoms with van der Waals surface area (Å²) in [5.74, 6) is -0.0844. The number of aromatic nitrogens is 1. The van der Waals surface area contributed by atoms with E-state index in [0.29, 0.717) is 17.0 Å². The molecule has 1 N–H and O–H groups in total. The number of amides is 1. The van der Waals surface area contributed by atoms with Gasteiger partial charge in [-0.25, -0.2) is 9.78 Å². The summed E-state index contributed by atoms with van der Waals surface area (Å²) in [6.45, 7) is 2.02. The van der Waals surface area contributed by atoms with Crippen molar-refractivity contribution in [1.29, 1.82) is 5.26 Å². The molecule has 0 radical (unpaired) electrons. The Morgan fingerprint density at radius 1 is 1.25 bits per heavy atom. The van der Waals surface area contributed by atoms with Gasteiger partial charge in [0.15, 0.2) is 0 Å². The number of carbonyl (C=O) groups is 2. The van der Waals surface area contributed by atoms with Crippen LogP contribution in [0.3, 0.4) is 0 Å². The second-order valence-corrected chi connectivity index (χ2v) is 4.61. The Labute approximate surface area is 138 Å². The van der Waals surface area contributed by atoms with Crippen molar-refractivity contribution in [3.8, 4) is 17.7 Å². The molecule has 7 heteroatoms. The first-order valence-corrected chi connectivity index (χ1v) is 7.20. The molecule has 122 valence electrons. The number of nitriles is 1. The first-order chi connectivity index (χ1) is 11.6. The van der Waals surface area contributed by atoms with Gasteiger partial charge < -0.3 is 14.8 Å². The Kier molecular flexibility index (Phi) is 5.86. The molecule has 1 heterocycles. The number of hydrogen-bond donors (Lipinski definition) is 1. The number of hydrogen-bond acceptors (Lipinski definition) is 6. The topological polar surface area (TPSA) is 101 Å². The van der Waals surface area contributed by atoms with E-state index in [1.54, 1.807) is 43.3 Å². The van der Waals surface area contributed by atoms with Crippen molar-refractivity contribution in [3.63, 3.8) is 0 Å². The fourth-order valence-electron chi connectivity index (χ4n) is 1.81. The maximum atomic E-state index is 11.7. The van der Waals surface area contributed by atoms with Crippen LogP contribution >= 0.6 is 0 Å². The van der Waals surface area contributed by atoms with Crippen LogP contribution in [0.4, 0.5) is 5.69 Å². The van der Waals surface area contributed by atoms with E-state index in [1.807, 2.05) is 0 Å². The molecule has 0 unspecified atom stereocenters. The van der Waals surface area contributed by atoms with Gasteiger partial charge in [0.05, 0.1) is 18.2 Å². The fraction of sp³-hybridized carbons (Fsp3) is 0.176. The lowest BCUT2D eigenvalue weighted by atomic mass is 10.2. The number of anilines is 1. The average molecular weight is 325 g/mol. The highest BCUT2D eigenvalue weighted by molar-refractivity contribution is 5.92. The van der Waals surface area contributed by atoms with Gasteiger partial charge >= 0.3 is 5.97 Å². The molecule has 2 aromatic rings. The number of benzene rings is 1. The van der Waals surface area contributed by atoms with Crippen molar-refractivity contribution in [1.82, 2.24) is 4.98 Å². The Morgan fingerprint density at radius 2 is 2.00 bits per heavy atom. The first-order valence-electron chi connectivity index (χ1n) is 7.20. The van der Waals surface area contributed by atoms with Gasteiger partial charge in [-0.1, -0.05) is 0 Å². The lowest BCUT2D eigenvalue weighted by molar-refractivity contribution is -0.115. The van der Waals surface area contributed by atoms with E-state index in [4.69, 9.17) is 14.7 Å². The third kappa shape index (κ3) is 4.81. The maximum absolute atomic E-state index is 11.7. The molecule has 1 aromatic heterocycles. The zero-order chi connectivity index (χ0) is 17.4. The molecule has 0 fully saturated rings. The summed E-state index contributed by atoms with van der Waals surface area (Å²) in [5.41, 5.74) is 0.901. The molecule has 1 amide bonds. The molecule has 0 atom stereocenters. The molecule has 7 nitrogen and oxygen atoms in total. The molecule has 1 aromatic carbocycles. The standard InChI is InChI=1S/C17H15N3O4/c1-2-23-17(22)12-8-10-19-16(11-12)24-14-5-3-13(4-6-14)20-15(21)7-9-18/h3-6,8,10-11H,2,7H2,1H3,(H,20,21). The van der Waals surface area contributed by atoms with Crippen LogP contribution in [0.2, 0.25) is 0 Å². The van der Waals surface area contributed by atoms with E-state index in [2.05, 4.69) is 10.3 Å². The van der Waals surface area contributed by atoms with Crippen LogP contribution in [0.1, 0.15) is 23.7 Å². The summed E-state index contributed by atoms with van der Waals surface area (Å²) < 4.78 is 10.5. The van der Waals surface area contributed by atoms with Crippen LogP contribution in [0.5, 0.6) is 11.6 Å². The van der Waals surface area contributed by atoms with Crippen molar-refractivity contribution < 1.29 is 19.1 Å². The summed E-state index contributed by atoms with van der Waals surface area (Å²) in [5, 5.41) is 11.0. The minimum Gasteiger partial charge on any atom is -0.462 e.